The minimum atomic E-state index is -3.71. The fourth-order valence-electron chi connectivity index (χ4n) is 2.63. The Hall–Kier alpha value is -2.18. The zero-order chi connectivity index (χ0) is 19.3. The lowest BCUT2D eigenvalue weighted by molar-refractivity contribution is -0.116. The maximum Gasteiger partial charge on any atom is 0.243 e. The lowest BCUT2D eigenvalue weighted by atomic mass is 10.0. The van der Waals surface area contributed by atoms with Gasteiger partial charge in [0.15, 0.2) is 0 Å². The highest BCUT2D eigenvalue weighted by Gasteiger charge is 2.23. The van der Waals surface area contributed by atoms with Crippen molar-refractivity contribution in [2.24, 2.45) is 0 Å². The molecule has 0 aliphatic carbocycles. The van der Waals surface area contributed by atoms with Crippen molar-refractivity contribution in [2.45, 2.75) is 38.0 Å². The summed E-state index contributed by atoms with van der Waals surface area (Å²) in [6.45, 7) is 5.86. The van der Waals surface area contributed by atoms with Gasteiger partial charge in [0.1, 0.15) is 0 Å². The molecule has 0 bridgehead atoms. The number of anilines is 1. The summed E-state index contributed by atoms with van der Waals surface area (Å²) in [6, 6.07) is 14.3. The molecule has 26 heavy (non-hydrogen) atoms. The summed E-state index contributed by atoms with van der Waals surface area (Å²) in [5, 5.41) is 2.79. The zero-order valence-corrected chi connectivity index (χ0v) is 16.5. The van der Waals surface area contributed by atoms with E-state index in [9.17, 15) is 13.2 Å². The fourth-order valence-corrected chi connectivity index (χ4v) is 3.76. The van der Waals surface area contributed by atoms with Crippen molar-refractivity contribution in [3.05, 3.63) is 59.7 Å². The molecule has 1 amide bonds. The van der Waals surface area contributed by atoms with E-state index in [1.54, 1.807) is 12.1 Å². The predicted octanol–water partition coefficient (Wildman–Crippen LogP) is 3.63. The standard InChI is InChI=1S/C20H26N2O3S/c1-5-16-8-6-7-9-19(16)21-20(23)14-22(4)26(24,25)18-12-10-17(11-13-18)15(2)3/h6-13,15H,5,14H2,1-4H3,(H,21,23). The zero-order valence-electron chi connectivity index (χ0n) is 15.7. The van der Waals surface area contributed by atoms with E-state index in [0.717, 1.165) is 21.9 Å². The molecule has 6 heteroatoms. The fraction of sp³-hybridized carbons (Fsp3) is 0.350. The van der Waals surface area contributed by atoms with E-state index in [4.69, 9.17) is 0 Å². The van der Waals surface area contributed by atoms with Gasteiger partial charge in [-0.2, -0.15) is 4.31 Å². The van der Waals surface area contributed by atoms with E-state index in [1.165, 1.54) is 7.05 Å². The second-order valence-corrected chi connectivity index (χ2v) is 8.59. The number of para-hydroxylation sites is 1. The van der Waals surface area contributed by atoms with E-state index in [1.807, 2.05) is 57.2 Å². The second kappa shape index (κ2) is 8.47. The van der Waals surface area contributed by atoms with Crippen molar-refractivity contribution in [1.82, 2.24) is 4.31 Å². The Bertz CT molecular complexity index is 859. The van der Waals surface area contributed by atoms with Gasteiger partial charge in [0.25, 0.3) is 0 Å². The van der Waals surface area contributed by atoms with Crippen LogP contribution in [-0.4, -0.2) is 32.2 Å². The van der Waals surface area contributed by atoms with Crippen LogP contribution in [-0.2, 0) is 21.2 Å². The van der Waals surface area contributed by atoms with Gasteiger partial charge in [-0.3, -0.25) is 4.79 Å². The SMILES string of the molecule is CCc1ccccc1NC(=O)CN(C)S(=O)(=O)c1ccc(C(C)C)cc1. The average Bonchev–Trinajstić information content (AvgIpc) is 2.62. The van der Waals surface area contributed by atoms with Crippen LogP contribution in [0.4, 0.5) is 5.69 Å². The number of carbonyl (C=O) groups excluding carboxylic acids is 1. The molecule has 0 atom stereocenters. The van der Waals surface area contributed by atoms with Crippen LogP contribution < -0.4 is 5.32 Å². The monoisotopic (exact) mass is 374 g/mol. The van der Waals surface area contributed by atoms with Crippen LogP contribution >= 0.6 is 0 Å². The summed E-state index contributed by atoms with van der Waals surface area (Å²) in [5.41, 5.74) is 2.79. The van der Waals surface area contributed by atoms with Gasteiger partial charge >= 0.3 is 0 Å². The maximum atomic E-state index is 12.7. The van der Waals surface area contributed by atoms with E-state index in [2.05, 4.69) is 5.32 Å². The number of benzene rings is 2. The molecule has 0 heterocycles. The Morgan fingerprint density at radius 3 is 2.27 bits per heavy atom. The quantitative estimate of drug-likeness (QED) is 0.805. The Morgan fingerprint density at radius 2 is 1.69 bits per heavy atom. The van der Waals surface area contributed by atoms with Crippen LogP contribution in [0.25, 0.3) is 0 Å². The number of amides is 1. The molecule has 1 N–H and O–H groups in total. The van der Waals surface area contributed by atoms with Gasteiger partial charge in [-0.05, 0) is 41.7 Å². The molecule has 0 aromatic heterocycles. The van der Waals surface area contributed by atoms with Crippen molar-refractivity contribution >= 4 is 21.6 Å². The van der Waals surface area contributed by atoms with E-state index < -0.39 is 10.0 Å². The van der Waals surface area contributed by atoms with Crippen LogP contribution in [0.1, 0.15) is 37.8 Å². The summed E-state index contributed by atoms with van der Waals surface area (Å²) in [4.78, 5) is 12.5. The lowest BCUT2D eigenvalue weighted by Crippen LogP contribution is -2.35. The number of rotatable bonds is 7. The first-order valence-electron chi connectivity index (χ1n) is 8.69. The molecular formula is C20H26N2O3S. The smallest absolute Gasteiger partial charge is 0.243 e. The first-order valence-corrected chi connectivity index (χ1v) is 10.1. The molecule has 0 fully saturated rings. The van der Waals surface area contributed by atoms with E-state index >= 15 is 0 Å². The molecule has 0 saturated heterocycles. The third kappa shape index (κ3) is 4.71. The molecule has 0 radical (unpaired) electrons. The number of nitrogens with one attached hydrogen (secondary N) is 1. The summed E-state index contributed by atoms with van der Waals surface area (Å²) in [7, 11) is -2.30. The molecule has 0 spiro atoms. The van der Waals surface area contributed by atoms with Crippen molar-refractivity contribution in [1.29, 1.82) is 0 Å². The molecule has 2 aromatic rings. The number of aryl methyl sites for hydroxylation is 1. The highest BCUT2D eigenvalue weighted by atomic mass is 32.2. The topological polar surface area (TPSA) is 66.5 Å². The van der Waals surface area contributed by atoms with Crippen LogP contribution in [0.5, 0.6) is 0 Å². The van der Waals surface area contributed by atoms with Gasteiger partial charge in [-0.1, -0.05) is 51.1 Å². The van der Waals surface area contributed by atoms with Crippen molar-refractivity contribution in [3.8, 4) is 0 Å². The molecule has 0 unspecified atom stereocenters. The summed E-state index contributed by atoms with van der Waals surface area (Å²) in [6.07, 6.45) is 0.785. The van der Waals surface area contributed by atoms with E-state index in [0.29, 0.717) is 11.6 Å². The number of hydrogen-bond donors (Lipinski definition) is 1. The van der Waals surface area contributed by atoms with Crippen molar-refractivity contribution in [2.75, 3.05) is 18.9 Å². The minimum Gasteiger partial charge on any atom is -0.325 e. The Labute approximate surface area is 156 Å². The van der Waals surface area contributed by atoms with Crippen LogP contribution in [0.15, 0.2) is 53.4 Å². The van der Waals surface area contributed by atoms with Gasteiger partial charge in [-0.15, -0.1) is 0 Å². The van der Waals surface area contributed by atoms with E-state index in [-0.39, 0.29) is 17.3 Å². The van der Waals surface area contributed by atoms with Crippen molar-refractivity contribution in [3.63, 3.8) is 0 Å². The largest absolute Gasteiger partial charge is 0.325 e. The van der Waals surface area contributed by atoms with Crippen molar-refractivity contribution < 1.29 is 13.2 Å². The van der Waals surface area contributed by atoms with Crippen LogP contribution in [0.3, 0.4) is 0 Å². The Morgan fingerprint density at radius 1 is 1.08 bits per heavy atom. The highest BCUT2D eigenvalue weighted by molar-refractivity contribution is 7.89. The number of hydrogen-bond acceptors (Lipinski definition) is 3. The lowest BCUT2D eigenvalue weighted by Gasteiger charge is -2.18. The van der Waals surface area contributed by atoms with Crippen LogP contribution in [0.2, 0.25) is 0 Å². The molecule has 140 valence electrons. The first-order chi connectivity index (χ1) is 12.3. The Balaban J connectivity index is 2.09. The van der Waals surface area contributed by atoms with Gasteiger partial charge in [-0.25, -0.2) is 8.42 Å². The molecule has 2 aromatic carbocycles. The Kier molecular flexibility index (Phi) is 6.56. The molecular weight excluding hydrogens is 348 g/mol. The molecule has 0 saturated carbocycles. The van der Waals surface area contributed by atoms with Gasteiger partial charge in [0, 0.05) is 12.7 Å². The van der Waals surface area contributed by atoms with Gasteiger partial charge in [0.05, 0.1) is 11.4 Å². The molecule has 0 aliphatic heterocycles. The van der Waals surface area contributed by atoms with Gasteiger partial charge in [0.2, 0.25) is 15.9 Å². The van der Waals surface area contributed by atoms with Gasteiger partial charge < -0.3 is 5.32 Å². The number of sulfonamides is 1. The minimum absolute atomic E-state index is 0.186. The second-order valence-electron chi connectivity index (χ2n) is 6.54. The predicted molar refractivity (Wildman–Crippen MR) is 105 cm³/mol. The molecule has 5 nitrogen and oxygen atoms in total. The number of likely N-dealkylation sites (N-methyl/N-ethyl adjacent to an activating group) is 1. The third-order valence-electron chi connectivity index (χ3n) is 4.29. The summed E-state index contributed by atoms with van der Waals surface area (Å²) in [5.74, 6) is -0.0373. The summed E-state index contributed by atoms with van der Waals surface area (Å²) < 4.78 is 26.4. The molecule has 2 rings (SSSR count). The third-order valence-corrected chi connectivity index (χ3v) is 6.11. The normalized spacial score (nSPS) is 11.8. The number of nitrogens with zero attached hydrogens (tertiary/aromatic N) is 1. The number of carbonyl (C=O) groups is 1. The van der Waals surface area contributed by atoms with Crippen LogP contribution in [0, 0.1) is 0 Å². The average molecular weight is 375 g/mol. The maximum absolute atomic E-state index is 12.7. The first kappa shape index (κ1) is 20.1. The molecule has 0 aliphatic rings. The summed E-state index contributed by atoms with van der Waals surface area (Å²) >= 11 is 0. The highest BCUT2D eigenvalue weighted by Crippen LogP contribution is 2.20.